The maximum atomic E-state index is 12.3. The number of nitrogens with zero attached hydrogens (tertiary/aromatic N) is 3. The number of hydrogen-bond acceptors (Lipinski definition) is 6. The molecule has 0 aliphatic carbocycles. The Balaban J connectivity index is 1.88. The minimum absolute atomic E-state index is 0.0191. The van der Waals surface area contributed by atoms with Gasteiger partial charge >= 0.3 is 0 Å². The van der Waals surface area contributed by atoms with Gasteiger partial charge in [0.25, 0.3) is 5.09 Å². The zero-order chi connectivity index (χ0) is 17.5. The molecule has 0 saturated heterocycles. The number of aliphatic imine (C=N–C) groups is 1. The predicted molar refractivity (Wildman–Crippen MR) is 90.9 cm³/mol. The second-order valence-electron chi connectivity index (χ2n) is 4.99. The number of unbranched alkanes of at least 4 members (excludes halogenated alkanes) is 1. The molecule has 0 spiro atoms. The van der Waals surface area contributed by atoms with E-state index in [1.165, 1.54) is 4.90 Å². The van der Waals surface area contributed by atoms with Gasteiger partial charge in [-0.3, -0.25) is 14.7 Å². The summed E-state index contributed by atoms with van der Waals surface area (Å²) in [5.74, 6) is 0.277. The summed E-state index contributed by atoms with van der Waals surface area (Å²) in [7, 11) is 0. The number of anilines is 1. The summed E-state index contributed by atoms with van der Waals surface area (Å²) in [5.41, 5.74) is 0.499. The second kappa shape index (κ2) is 8.70. The van der Waals surface area contributed by atoms with Crippen molar-refractivity contribution < 1.29 is 14.7 Å². The van der Waals surface area contributed by atoms with Gasteiger partial charge in [0.15, 0.2) is 0 Å². The Labute approximate surface area is 148 Å². The second-order valence-corrected chi connectivity index (χ2v) is 5.80. The first-order chi connectivity index (χ1) is 11.5. The zero-order valence-corrected chi connectivity index (χ0v) is 14.2. The molecular formula is C14H16Cl2N4O4. The maximum absolute atomic E-state index is 12.3. The Morgan fingerprint density at radius 2 is 2.08 bits per heavy atom. The lowest BCUT2D eigenvalue weighted by Crippen LogP contribution is -2.38. The molecule has 8 nitrogen and oxygen atoms in total. The molecule has 1 amide bonds. The highest BCUT2D eigenvalue weighted by Crippen LogP contribution is 2.30. The van der Waals surface area contributed by atoms with Crippen LogP contribution < -0.4 is 5.32 Å². The molecule has 0 atom stereocenters. The van der Waals surface area contributed by atoms with E-state index in [-0.39, 0.29) is 18.9 Å². The van der Waals surface area contributed by atoms with Crippen molar-refractivity contribution >= 4 is 40.8 Å². The highest BCUT2D eigenvalue weighted by atomic mass is 35.5. The van der Waals surface area contributed by atoms with Crippen LogP contribution in [-0.2, 0) is 9.63 Å². The van der Waals surface area contributed by atoms with Crippen LogP contribution in [0.4, 0.5) is 5.69 Å². The third-order valence-electron chi connectivity index (χ3n) is 3.32. The number of nitrogens with one attached hydrogen (secondary N) is 1. The molecule has 0 bridgehead atoms. The summed E-state index contributed by atoms with van der Waals surface area (Å²) < 4.78 is 0. The van der Waals surface area contributed by atoms with E-state index >= 15 is 0 Å². The van der Waals surface area contributed by atoms with Crippen molar-refractivity contribution in [2.45, 2.75) is 19.3 Å². The normalized spacial score (nSPS) is 13.6. The first kappa shape index (κ1) is 18.3. The first-order valence-corrected chi connectivity index (χ1v) is 8.08. The summed E-state index contributed by atoms with van der Waals surface area (Å²) in [4.78, 5) is 32.3. The lowest BCUT2D eigenvalue weighted by Gasteiger charge is -2.20. The number of carbonyl (C=O) groups is 1. The molecule has 0 radical (unpaired) electrons. The number of hydrogen-bond donors (Lipinski definition) is 1. The van der Waals surface area contributed by atoms with E-state index in [9.17, 15) is 14.9 Å². The van der Waals surface area contributed by atoms with Crippen molar-refractivity contribution in [3.8, 4) is 0 Å². The molecule has 1 aromatic rings. The van der Waals surface area contributed by atoms with E-state index in [4.69, 9.17) is 23.2 Å². The summed E-state index contributed by atoms with van der Waals surface area (Å²) in [6.07, 6.45) is 1.16. The Kier molecular flexibility index (Phi) is 6.62. The van der Waals surface area contributed by atoms with Gasteiger partial charge in [0.2, 0.25) is 11.9 Å². The van der Waals surface area contributed by atoms with Crippen LogP contribution >= 0.6 is 23.2 Å². The average molecular weight is 375 g/mol. The molecule has 1 aliphatic heterocycles. The minimum Gasteiger partial charge on any atom is -0.323 e. The Morgan fingerprint density at radius 3 is 2.75 bits per heavy atom. The lowest BCUT2D eigenvalue weighted by molar-refractivity contribution is -0.757. The van der Waals surface area contributed by atoms with Crippen molar-refractivity contribution in [1.29, 1.82) is 0 Å². The standard InChI is InChI=1S/C14H16Cl2N4O4/c15-10-4-3-5-11(16)13(10)18-14-17-7-8-19(14)12(21)6-1-2-9-24-20(22)23/h3-5H,1-2,6-9H2,(H,17,18). The van der Waals surface area contributed by atoms with E-state index in [0.29, 0.717) is 47.6 Å². The van der Waals surface area contributed by atoms with Crippen LogP contribution in [0.1, 0.15) is 19.3 Å². The third-order valence-corrected chi connectivity index (χ3v) is 3.95. The quantitative estimate of drug-likeness (QED) is 0.449. The Hall–Kier alpha value is -2.06. The summed E-state index contributed by atoms with van der Waals surface area (Å²) in [6.45, 7) is 0.934. The monoisotopic (exact) mass is 374 g/mol. The molecule has 1 aromatic carbocycles. The van der Waals surface area contributed by atoms with Crippen LogP contribution in [-0.4, -0.2) is 41.5 Å². The van der Waals surface area contributed by atoms with Gasteiger partial charge in [-0.2, -0.15) is 0 Å². The summed E-state index contributed by atoms with van der Waals surface area (Å²) in [6, 6.07) is 5.10. The van der Waals surface area contributed by atoms with Gasteiger partial charge in [0, 0.05) is 13.0 Å². The third kappa shape index (κ3) is 4.97. The molecule has 1 N–H and O–H groups in total. The largest absolute Gasteiger partial charge is 0.323 e. The van der Waals surface area contributed by atoms with Crippen LogP contribution in [0.3, 0.4) is 0 Å². The van der Waals surface area contributed by atoms with E-state index in [2.05, 4.69) is 15.1 Å². The number of benzene rings is 1. The van der Waals surface area contributed by atoms with Crippen LogP contribution in [0.2, 0.25) is 10.0 Å². The number of amides is 1. The van der Waals surface area contributed by atoms with Crippen molar-refractivity contribution in [3.63, 3.8) is 0 Å². The molecule has 1 aliphatic rings. The Morgan fingerprint density at radius 1 is 1.38 bits per heavy atom. The Bertz CT molecular complexity index is 633. The zero-order valence-electron chi connectivity index (χ0n) is 12.7. The van der Waals surface area contributed by atoms with Crippen LogP contribution in [0, 0.1) is 10.1 Å². The van der Waals surface area contributed by atoms with E-state index in [1.807, 2.05) is 0 Å². The van der Waals surface area contributed by atoms with E-state index in [0.717, 1.165) is 0 Å². The fourth-order valence-corrected chi connectivity index (χ4v) is 2.67. The molecule has 10 heteroatoms. The number of halogens is 2. The van der Waals surface area contributed by atoms with Gasteiger partial charge in [-0.15, -0.1) is 10.1 Å². The molecule has 1 heterocycles. The first-order valence-electron chi connectivity index (χ1n) is 7.32. The number of guanidine groups is 1. The predicted octanol–water partition coefficient (Wildman–Crippen LogP) is 2.98. The van der Waals surface area contributed by atoms with Crippen molar-refractivity contribution in [2.24, 2.45) is 4.99 Å². The molecule has 0 unspecified atom stereocenters. The molecule has 24 heavy (non-hydrogen) atoms. The van der Waals surface area contributed by atoms with Gasteiger partial charge in [-0.1, -0.05) is 29.3 Å². The average Bonchev–Trinajstić information content (AvgIpc) is 2.98. The SMILES string of the molecule is O=C(CCCCO[N+](=O)[O-])N1CCN=C1Nc1c(Cl)cccc1Cl. The molecule has 2 rings (SSSR count). The highest BCUT2D eigenvalue weighted by molar-refractivity contribution is 6.39. The topological polar surface area (TPSA) is 97.1 Å². The van der Waals surface area contributed by atoms with Gasteiger partial charge in [-0.25, -0.2) is 0 Å². The number of rotatable bonds is 7. The van der Waals surface area contributed by atoms with Gasteiger partial charge in [0.1, 0.15) is 0 Å². The fourth-order valence-electron chi connectivity index (χ4n) is 2.18. The smallest absolute Gasteiger partial charge is 0.294 e. The van der Waals surface area contributed by atoms with E-state index < -0.39 is 5.09 Å². The molecule has 0 aromatic heterocycles. The maximum Gasteiger partial charge on any atom is 0.294 e. The van der Waals surface area contributed by atoms with Crippen LogP contribution in [0.5, 0.6) is 0 Å². The van der Waals surface area contributed by atoms with Crippen molar-refractivity contribution in [3.05, 3.63) is 38.4 Å². The molecule has 0 saturated carbocycles. The molecule has 0 fully saturated rings. The van der Waals surface area contributed by atoms with Gasteiger partial charge in [-0.05, 0) is 25.0 Å². The van der Waals surface area contributed by atoms with Crippen molar-refractivity contribution in [1.82, 2.24) is 4.90 Å². The summed E-state index contributed by atoms with van der Waals surface area (Å²) in [5, 5.41) is 13.1. The van der Waals surface area contributed by atoms with Gasteiger partial charge < -0.3 is 10.2 Å². The van der Waals surface area contributed by atoms with Crippen LogP contribution in [0.25, 0.3) is 0 Å². The fraction of sp³-hybridized carbons (Fsp3) is 0.429. The highest BCUT2D eigenvalue weighted by Gasteiger charge is 2.24. The molecular weight excluding hydrogens is 359 g/mol. The van der Waals surface area contributed by atoms with Gasteiger partial charge in [0.05, 0.1) is 28.9 Å². The van der Waals surface area contributed by atoms with Crippen molar-refractivity contribution in [2.75, 3.05) is 25.0 Å². The number of carbonyl (C=O) groups excluding carboxylic acids is 1. The number of para-hydroxylation sites is 1. The summed E-state index contributed by atoms with van der Waals surface area (Å²) >= 11 is 12.2. The minimum atomic E-state index is -0.843. The van der Waals surface area contributed by atoms with Crippen LogP contribution in [0.15, 0.2) is 23.2 Å². The lowest BCUT2D eigenvalue weighted by atomic mass is 10.2. The molecule has 130 valence electrons. The van der Waals surface area contributed by atoms with E-state index in [1.54, 1.807) is 18.2 Å².